The number of carbonyl (C=O) groups is 1. The Morgan fingerprint density at radius 2 is 1.67 bits per heavy atom. The molecule has 0 radical (unpaired) electrons. The number of aliphatic hydroxyl groups excluding tert-OH is 1. The van der Waals surface area contributed by atoms with Crippen LogP contribution in [0.5, 0.6) is 5.75 Å². The van der Waals surface area contributed by atoms with Crippen molar-refractivity contribution in [3.05, 3.63) is 136 Å². The predicted molar refractivity (Wildman–Crippen MR) is 167 cm³/mol. The Labute approximate surface area is 258 Å². The Bertz CT molecular complexity index is 1520. The molecular formula is C34H33BrFN3O4. The minimum absolute atomic E-state index is 0.0623. The van der Waals surface area contributed by atoms with E-state index in [9.17, 15) is 9.18 Å². The average molecular weight is 647 g/mol. The third-order valence-corrected chi connectivity index (χ3v) is 7.70. The fourth-order valence-electron chi connectivity index (χ4n) is 4.94. The van der Waals surface area contributed by atoms with Gasteiger partial charge >= 0.3 is 0 Å². The topological polar surface area (TPSA) is 92.2 Å². The van der Waals surface area contributed by atoms with Crippen molar-refractivity contribution in [2.45, 2.75) is 30.9 Å². The highest BCUT2D eigenvalue weighted by Crippen LogP contribution is 2.42. The summed E-state index contributed by atoms with van der Waals surface area (Å²) in [6.07, 6.45) is 0.725. The molecule has 1 heterocycles. The van der Waals surface area contributed by atoms with Crippen molar-refractivity contribution in [2.75, 3.05) is 19.8 Å². The molecule has 0 fully saturated rings. The van der Waals surface area contributed by atoms with Crippen LogP contribution in [-0.2, 0) is 22.4 Å². The van der Waals surface area contributed by atoms with Gasteiger partial charge in [0.05, 0.1) is 6.61 Å². The highest BCUT2D eigenvalue weighted by molar-refractivity contribution is 9.10. The molecule has 0 bridgehead atoms. The van der Waals surface area contributed by atoms with Crippen LogP contribution in [0.15, 0.2) is 113 Å². The highest BCUT2D eigenvalue weighted by Gasteiger charge is 2.53. The van der Waals surface area contributed by atoms with Gasteiger partial charge in [0, 0.05) is 36.0 Å². The lowest BCUT2D eigenvalue weighted by Crippen LogP contribution is -2.54. The second kappa shape index (κ2) is 14.4. The van der Waals surface area contributed by atoms with Gasteiger partial charge in [-0.3, -0.25) is 10.2 Å². The Morgan fingerprint density at radius 3 is 2.37 bits per heavy atom. The SMILES string of the molecule is O=C(NNCCc1ccc(F)cc1)[C@@]1(Cc2ccccc2)N=C(c2ccc(OCCCO)cc2)O[C@H]1c1ccc(Br)cc1. The molecule has 3 N–H and O–H groups in total. The van der Waals surface area contributed by atoms with Crippen molar-refractivity contribution in [1.29, 1.82) is 0 Å². The van der Waals surface area contributed by atoms with Gasteiger partial charge in [0.15, 0.2) is 11.6 Å². The zero-order valence-electron chi connectivity index (χ0n) is 23.5. The molecule has 1 aliphatic heterocycles. The molecule has 0 aromatic heterocycles. The number of hydrogen-bond donors (Lipinski definition) is 3. The molecule has 43 heavy (non-hydrogen) atoms. The first-order chi connectivity index (χ1) is 21.0. The first-order valence-electron chi connectivity index (χ1n) is 14.1. The maximum atomic E-state index is 14.2. The van der Waals surface area contributed by atoms with Crippen LogP contribution in [0.3, 0.4) is 0 Å². The third kappa shape index (κ3) is 7.67. The summed E-state index contributed by atoms with van der Waals surface area (Å²) in [5.74, 6) is 0.402. The number of carbonyl (C=O) groups excluding carboxylic acids is 1. The molecular weight excluding hydrogens is 613 g/mol. The zero-order valence-corrected chi connectivity index (χ0v) is 25.1. The first kappa shape index (κ1) is 30.4. The van der Waals surface area contributed by atoms with Crippen LogP contribution in [0.1, 0.15) is 34.8 Å². The van der Waals surface area contributed by atoms with Gasteiger partial charge in [0.2, 0.25) is 5.90 Å². The van der Waals surface area contributed by atoms with E-state index in [1.54, 1.807) is 12.1 Å². The molecule has 0 saturated heterocycles. The third-order valence-electron chi connectivity index (χ3n) is 7.17. The number of nitrogens with one attached hydrogen (secondary N) is 2. The van der Waals surface area contributed by atoms with Gasteiger partial charge in [-0.25, -0.2) is 14.8 Å². The van der Waals surface area contributed by atoms with E-state index in [0.29, 0.717) is 49.6 Å². The van der Waals surface area contributed by atoms with Gasteiger partial charge in [-0.1, -0.05) is 70.5 Å². The lowest BCUT2D eigenvalue weighted by molar-refractivity contribution is -0.130. The standard InChI is InChI=1S/C34H33BrFN3O4/c35-28-13-9-26(10-14-28)31-34(23-25-5-2-1-3-6-25,33(41)39-37-20-19-24-7-15-29(36)16-8-24)38-32(43-31)27-11-17-30(18-12-27)42-22-4-21-40/h1-3,5-18,31,37,40H,4,19-23H2,(H,39,41)/t31-,34-/m0/s1. The Morgan fingerprint density at radius 1 is 0.953 bits per heavy atom. The molecule has 4 aromatic rings. The van der Waals surface area contributed by atoms with Crippen LogP contribution < -0.4 is 15.6 Å². The van der Waals surface area contributed by atoms with E-state index in [-0.39, 0.29) is 18.3 Å². The Hall–Kier alpha value is -4.05. The molecule has 2 atom stereocenters. The van der Waals surface area contributed by atoms with Crippen LogP contribution in [0, 0.1) is 5.82 Å². The van der Waals surface area contributed by atoms with E-state index in [4.69, 9.17) is 19.6 Å². The monoisotopic (exact) mass is 645 g/mol. The smallest absolute Gasteiger partial charge is 0.266 e. The largest absolute Gasteiger partial charge is 0.494 e. The number of hydrogen-bond acceptors (Lipinski definition) is 6. The number of benzene rings is 4. The highest BCUT2D eigenvalue weighted by atomic mass is 79.9. The molecule has 0 aliphatic carbocycles. The van der Waals surface area contributed by atoms with Gasteiger partial charge in [0.1, 0.15) is 11.6 Å². The molecule has 7 nitrogen and oxygen atoms in total. The number of aliphatic hydroxyl groups is 1. The van der Waals surface area contributed by atoms with Crippen molar-refractivity contribution >= 4 is 27.7 Å². The summed E-state index contributed by atoms with van der Waals surface area (Å²) in [4.78, 5) is 19.2. The van der Waals surface area contributed by atoms with Crippen molar-refractivity contribution in [3.8, 4) is 5.75 Å². The Balaban J connectivity index is 1.45. The molecule has 0 unspecified atom stereocenters. The van der Waals surface area contributed by atoms with E-state index < -0.39 is 11.6 Å². The van der Waals surface area contributed by atoms with Crippen molar-refractivity contribution in [1.82, 2.24) is 10.9 Å². The number of amides is 1. The van der Waals surface area contributed by atoms with E-state index in [1.807, 2.05) is 78.9 Å². The Kier molecular flexibility index (Phi) is 10.2. The molecule has 0 spiro atoms. The van der Waals surface area contributed by atoms with E-state index in [2.05, 4.69) is 26.8 Å². The van der Waals surface area contributed by atoms with Crippen LogP contribution in [0.2, 0.25) is 0 Å². The summed E-state index contributed by atoms with van der Waals surface area (Å²) in [6, 6.07) is 31.1. The first-order valence-corrected chi connectivity index (χ1v) is 14.9. The fraction of sp³-hybridized carbons (Fsp3) is 0.235. The molecule has 222 valence electrons. The van der Waals surface area contributed by atoms with Crippen LogP contribution in [0.4, 0.5) is 4.39 Å². The summed E-state index contributed by atoms with van der Waals surface area (Å²) in [7, 11) is 0. The number of nitrogens with zero attached hydrogens (tertiary/aromatic N) is 1. The normalized spacial score (nSPS) is 17.7. The summed E-state index contributed by atoms with van der Waals surface area (Å²) in [6.45, 7) is 0.914. The maximum Gasteiger partial charge on any atom is 0.266 e. The molecule has 1 aliphatic rings. The lowest BCUT2D eigenvalue weighted by atomic mass is 9.82. The van der Waals surface area contributed by atoms with Crippen LogP contribution in [-0.4, -0.2) is 42.2 Å². The number of halogens is 2. The van der Waals surface area contributed by atoms with Gasteiger partial charge in [-0.2, -0.15) is 0 Å². The molecule has 4 aromatic carbocycles. The van der Waals surface area contributed by atoms with Crippen molar-refractivity contribution in [3.63, 3.8) is 0 Å². The minimum Gasteiger partial charge on any atom is -0.494 e. The lowest BCUT2D eigenvalue weighted by Gasteiger charge is -2.31. The molecule has 5 rings (SSSR count). The van der Waals surface area contributed by atoms with E-state index in [0.717, 1.165) is 21.2 Å². The van der Waals surface area contributed by atoms with Gasteiger partial charge in [-0.15, -0.1) is 0 Å². The second-order valence-electron chi connectivity index (χ2n) is 10.3. The minimum atomic E-state index is -1.33. The van der Waals surface area contributed by atoms with Gasteiger partial charge in [-0.05, 0) is 71.6 Å². The van der Waals surface area contributed by atoms with Gasteiger partial charge in [0.25, 0.3) is 5.91 Å². The fourth-order valence-corrected chi connectivity index (χ4v) is 5.20. The quantitative estimate of drug-likeness (QED) is 0.128. The number of hydrazine groups is 1. The summed E-state index contributed by atoms with van der Waals surface area (Å²) in [5.41, 5.74) is 8.01. The van der Waals surface area contributed by atoms with Crippen LogP contribution >= 0.6 is 15.9 Å². The number of ether oxygens (including phenoxy) is 2. The summed E-state index contributed by atoms with van der Waals surface area (Å²) in [5, 5.41) is 9.03. The molecule has 9 heteroatoms. The predicted octanol–water partition coefficient (Wildman–Crippen LogP) is 5.71. The average Bonchev–Trinajstić information content (AvgIpc) is 3.41. The molecule has 0 saturated carbocycles. The van der Waals surface area contributed by atoms with E-state index in [1.165, 1.54) is 12.1 Å². The van der Waals surface area contributed by atoms with Crippen LogP contribution in [0.25, 0.3) is 0 Å². The number of rotatable bonds is 13. The molecule has 1 amide bonds. The van der Waals surface area contributed by atoms with Gasteiger partial charge < -0.3 is 14.6 Å². The maximum absolute atomic E-state index is 14.2. The number of aliphatic imine (C=N–C) groups is 1. The summed E-state index contributed by atoms with van der Waals surface area (Å²) < 4.78 is 26.4. The van der Waals surface area contributed by atoms with Crippen molar-refractivity contribution in [2.24, 2.45) is 4.99 Å². The van der Waals surface area contributed by atoms with Crippen molar-refractivity contribution < 1.29 is 23.8 Å². The summed E-state index contributed by atoms with van der Waals surface area (Å²) >= 11 is 3.50. The van der Waals surface area contributed by atoms with E-state index >= 15 is 0 Å². The zero-order chi connectivity index (χ0) is 30.1. The second-order valence-corrected chi connectivity index (χ2v) is 11.2.